The Morgan fingerprint density at radius 3 is 2.00 bits per heavy atom. The molecule has 0 spiro atoms. The van der Waals surface area contributed by atoms with E-state index in [9.17, 15) is 0 Å². The molecule has 0 saturated carbocycles. The molecular formula is H5B4I. The van der Waals surface area contributed by atoms with Crippen molar-refractivity contribution in [3.8, 4) is 0 Å². The summed E-state index contributed by atoms with van der Waals surface area (Å²) in [5.41, 5.74) is 0. The van der Waals surface area contributed by atoms with Gasteiger partial charge in [0.25, 0.3) is 0 Å². The quantitative estimate of drug-likeness (QED) is 0.320. The molecule has 0 heterocycles. The van der Waals surface area contributed by atoms with Crippen LogP contribution in [0.5, 0.6) is 0 Å². The average Bonchev–Trinajstić information content (AvgIpc) is 1.38. The monoisotopic (exact) mass is 176 g/mol. The molecule has 0 unspecified atom stereocenters. The van der Waals surface area contributed by atoms with Crippen LogP contribution in [0.25, 0.3) is 0 Å². The van der Waals surface area contributed by atoms with Gasteiger partial charge in [-0.1, -0.05) is 0 Å². The van der Waals surface area contributed by atoms with Crippen LogP contribution in [0.2, 0.25) is 0 Å². The van der Waals surface area contributed by atoms with Crippen LogP contribution in [0.3, 0.4) is 0 Å². The first-order valence-corrected chi connectivity index (χ1v) is 3.16. The minimum absolute atomic E-state index is 0.854. The molecule has 0 aromatic rings. The molecule has 0 N–H and O–H groups in total. The number of hydrogen-bond acceptors (Lipinski definition) is 0. The Morgan fingerprint density at radius 1 is 1.80 bits per heavy atom. The predicted molar refractivity (Wildman–Crippen MR) is 44.0 cm³/mol. The Hall–Kier alpha value is 0.990. The van der Waals surface area contributed by atoms with Gasteiger partial charge in [-0.2, -0.15) is 22.4 Å². The molecule has 0 fully saturated rings. The SMILES string of the molecule is BBB(B)I. The number of rotatable bonds is 1. The largest absolute Gasteiger partial charge is 0.172 e. The molecule has 0 amide bonds. The van der Waals surface area contributed by atoms with Crippen molar-refractivity contribution >= 4 is 49.3 Å². The van der Waals surface area contributed by atoms with Crippen molar-refractivity contribution in [2.75, 3.05) is 0 Å². The van der Waals surface area contributed by atoms with E-state index < -0.39 is 0 Å². The molecule has 0 aliphatic heterocycles. The van der Waals surface area contributed by atoms with Crippen molar-refractivity contribution in [3.05, 3.63) is 0 Å². The fourth-order valence-corrected chi connectivity index (χ4v) is 0. The lowest BCUT2D eigenvalue weighted by Gasteiger charge is -1.79. The maximum absolute atomic E-state index is 2.41. The summed E-state index contributed by atoms with van der Waals surface area (Å²) in [5, 5.41) is 0. The van der Waals surface area contributed by atoms with E-state index in [0.29, 0.717) is 0 Å². The maximum atomic E-state index is 2.41. The zero-order valence-electron chi connectivity index (χ0n) is 3.66. The lowest BCUT2D eigenvalue weighted by Crippen LogP contribution is -2.13. The summed E-state index contributed by atoms with van der Waals surface area (Å²) in [4.78, 5) is 0. The van der Waals surface area contributed by atoms with Gasteiger partial charge >= 0.3 is 0 Å². The highest BCUT2D eigenvalue weighted by Crippen LogP contribution is 1.78. The molecule has 0 aromatic heterocycles. The fourth-order valence-electron chi connectivity index (χ4n) is 0. The first-order chi connectivity index (χ1) is 2.27. The van der Waals surface area contributed by atoms with Crippen LogP contribution in [0.15, 0.2) is 0 Å². The standard InChI is InChI=1S/B4H5I/c1-3-4(2)5/h3H,1-2H2. The van der Waals surface area contributed by atoms with Crippen LogP contribution in [-0.4, -0.2) is 26.9 Å². The van der Waals surface area contributed by atoms with Crippen molar-refractivity contribution in [2.45, 2.75) is 0 Å². The van der Waals surface area contributed by atoms with E-state index in [2.05, 4.69) is 37.8 Å². The minimum Gasteiger partial charge on any atom is -0.172 e. The first-order valence-electron chi connectivity index (χ1n) is 1.91. The van der Waals surface area contributed by atoms with Gasteiger partial charge in [-0.15, -0.1) is 0 Å². The third-order valence-electron chi connectivity index (χ3n) is 0.563. The van der Waals surface area contributed by atoms with Gasteiger partial charge in [-0.3, -0.25) is 0 Å². The summed E-state index contributed by atoms with van der Waals surface area (Å²) in [7, 11) is 5.69. The van der Waals surface area contributed by atoms with E-state index in [4.69, 9.17) is 0 Å². The molecule has 0 saturated heterocycles. The van der Waals surface area contributed by atoms with Crippen molar-refractivity contribution in [2.24, 2.45) is 0 Å². The van der Waals surface area contributed by atoms with Crippen molar-refractivity contribution in [3.63, 3.8) is 0 Å². The third-order valence-corrected chi connectivity index (χ3v) is 1.44. The smallest absolute Gasteiger partial charge is 0.135 e. The Kier molecular flexibility index (Phi) is 3.82. The summed E-state index contributed by atoms with van der Waals surface area (Å²) in [6, 6.07) is 0. The second kappa shape index (κ2) is 3.19. The highest BCUT2D eigenvalue weighted by molar-refractivity contribution is 14.1. The molecule has 0 aliphatic rings. The van der Waals surface area contributed by atoms with Crippen molar-refractivity contribution in [1.29, 1.82) is 0 Å². The topological polar surface area (TPSA) is 0 Å². The van der Waals surface area contributed by atoms with Gasteiger partial charge in [0.2, 0.25) is 0 Å². The Morgan fingerprint density at radius 2 is 2.00 bits per heavy atom. The van der Waals surface area contributed by atoms with E-state index in [-0.39, 0.29) is 0 Å². The predicted octanol–water partition coefficient (Wildman–Crippen LogP) is -1.98. The lowest BCUT2D eigenvalue weighted by atomic mass is 9.19. The van der Waals surface area contributed by atoms with E-state index in [1.54, 1.807) is 0 Å². The zero-order valence-corrected chi connectivity index (χ0v) is 5.82. The summed E-state index contributed by atoms with van der Waals surface area (Å²) in [6.07, 6.45) is 0. The highest BCUT2D eigenvalue weighted by atomic mass is 127. The van der Waals surface area contributed by atoms with Crippen LogP contribution in [0, 0.1) is 0 Å². The first kappa shape index (κ1) is 5.99. The summed E-state index contributed by atoms with van der Waals surface area (Å²) in [6.45, 7) is 0. The van der Waals surface area contributed by atoms with Gasteiger partial charge in [0.05, 0.1) is 22.5 Å². The van der Waals surface area contributed by atoms with Gasteiger partial charge in [0.1, 0.15) is 4.35 Å². The van der Waals surface area contributed by atoms with Gasteiger partial charge in [0, 0.05) is 0 Å². The molecule has 24 valence electrons. The second-order valence-corrected chi connectivity index (χ2v) is 3.32. The molecule has 0 aliphatic carbocycles. The van der Waals surface area contributed by atoms with Crippen molar-refractivity contribution in [1.82, 2.24) is 0 Å². The summed E-state index contributed by atoms with van der Waals surface area (Å²) in [5.74, 6) is 0. The van der Waals surface area contributed by atoms with Crippen LogP contribution in [0.4, 0.5) is 0 Å². The van der Waals surface area contributed by atoms with E-state index in [1.807, 2.05) is 0 Å². The Balaban J connectivity index is 2.54. The van der Waals surface area contributed by atoms with Gasteiger partial charge in [0.15, 0.2) is 0 Å². The van der Waals surface area contributed by atoms with E-state index in [0.717, 1.165) is 4.35 Å². The fraction of sp³-hybridized carbons (Fsp3) is 0. The van der Waals surface area contributed by atoms with E-state index >= 15 is 0 Å². The van der Waals surface area contributed by atoms with Gasteiger partial charge in [-0.05, 0) is 0 Å². The second-order valence-electron chi connectivity index (χ2n) is 1.19. The molecule has 5 heavy (non-hydrogen) atoms. The number of hydrogen-bond donors (Lipinski definition) is 0. The summed E-state index contributed by atoms with van der Waals surface area (Å²) < 4.78 is 0.854. The minimum atomic E-state index is 0.854. The molecule has 0 radical (unpaired) electrons. The van der Waals surface area contributed by atoms with Gasteiger partial charge < -0.3 is 0 Å². The number of halogens is 1. The average molecular weight is 175 g/mol. The normalized spacial score (nSPS) is 6.60. The molecule has 0 nitrogen and oxygen atoms in total. The van der Waals surface area contributed by atoms with Crippen LogP contribution in [-0.2, 0) is 0 Å². The van der Waals surface area contributed by atoms with E-state index in [1.165, 1.54) is 7.06 Å². The summed E-state index contributed by atoms with van der Waals surface area (Å²) >= 11 is 2.41. The molecule has 0 aromatic carbocycles. The highest BCUT2D eigenvalue weighted by Gasteiger charge is 1.92. The molecule has 0 rings (SSSR count). The Bertz CT molecular complexity index is 17.6. The molecule has 5 heteroatoms. The van der Waals surface area contributed by atoms with Crippen LogP contribution >= 0.6 is 22.4 Å². The Labute approximate surface area is 49.4 Å². The third kappa shape index (κ3) is 4.99. The van der Waals surface area contributed by atoms with Crippen LogP contribution < -0.4 is 0 Å². The van der Waals surface area contributed by atoms with Crippen LogP contribution in [0.1, 0.15) is 0 Å². The van der Waals surface area contributed by atoms with Crippen molar-refractivity contribution < 1.29 is 0 Å². The van der Waals surface area contributed by atoms with Gasteiger partial charge in [-0.25, -0.2) is 0 Å². The lowest BCUT2D eigenvalue weighted by molar-refractivity contribution is 4.10. The maximum Gasteiger partial charge on any atom is 0.135 e. The zero-order chi connectivity index (χ0) is 4.28. The molecule has 0 atom stereocenters. The molecular weight excluding hydrogens is 170 g/mol. The molecule has 0 bridgehead atoms.